The van der Waals surface area contributed by atoms with Gasteiger partial charge in [0.1, 0.15) is 30.5 Å². The van der Waals surface area contributed by atoms with Crippen molar-refractivity contribution in [3.63, 3.8) is 0 Å². The highest BCUT2D eigenvalue weighted by atomic mass is 16.6. The summed E-state index contributed by atoms with van der Waals surface area (Å²) in [6, 6.07) is 12.2. The average molecular weight is 524 g/mol. The number of benzene rings is 2. The van der Waals surface area contributed by atoms with Crippen LogP contribution in [-0.4, -0.2) is 67.3 Å². The fourth-order valence-electron chi connectivity index (χ4n) is 5.06. The molecule has 0 aromatic heterocycles. The fourth-order valence-corrected chi connectivity index (χ4v) is 5.06. The van der Waals surface area contributed by atoms with Gasteiger partial charge in [-0.05, 0) is 67.9 Å². The van der Waals surface area contributed by atoms with Gasteiger partial charge in [-0.1, -0.05) is 6.07 Å². The Morgan fingerprint density at radius 3 is 2.26 bits per heavy atom. The third kappa shape index (κ3) is 7.65. The lowest BCUT2D eigenvalue weighted by Crippen LogP contribution is -2.32. The Kier molecular flexibility index (Phi) is 9.90. The smallest absolute Gasteiger partial charge is 0.163 e. The van der Waals surface area contributed by atoms with Crippen molar-refractivity contribution in [2.24, 2.45) is 5.92 Å². The highest BCUT2D eigenvalue weighted by Gasteiger charge is 2.28. The molecule has 1 fully saturated rings. The predicted octanol–water partition coefficient (Wildman–Crippen LogP) is 4.18. The molecule has 0 amide bonds. The van der Waals surface area contributed by atoms with Crippen LogP contribution in [0.1, 0.15) is 67.0 Å². The summed E-state index contributed by atoms with van der Waals surface area (Å²) in [7, 11) is 1.56. The van der Waals surface area contributed by atoms with Crippen molar-refractivity contribution in [3.8, 4) is 17.2 Å². The molecule has 0 aliphatic carbocycles. The number of ether oxygens (including phenoxy) is 3. The lowest BCUT2D eigenvalue weighted by molar-refractivity contribution is -0.125. The van der Waals surface area contributed by atoms with Crippen LogP contribution in [0.15, 0.2) is 42.5 Å². The minimum atomic E-state index is -0.840. The first-order valence-electron chi connectivity index (χ1n) is 13.4. The molecule has 2 aromatic carbocycles. The van der Waals surface area contributed by atoms with Crippen LogP contribution in [0, 0.1) is 5.92 Å². The third-order valence-corrected chi connectivity index (χ3v) is 7.26. The number of hydrogen-bond acceptors (Lipinski definition) is 8. The maximum Gasteiger partial charge on any atom is 0.163 e. The Labute approximate surface area is 223 Å². The maximum absolute atomic E-state index is 12.9. The molecule has 1 saturated heterocycles. The zero-order valence-corrected chi connectivity index (χ0v) is 22.0. The molecular formula is C30H37NO7. The molecule has 8 heteroatoms. The van der Waals surface area contributed by atoms with Crippen LogP contribution < -0.4 is 14.2 Å². The van der Waals surface area contributed by atoms with Gasteiger partial charge in [-0.15, -0.1) is 0 Å². The average Bonchev–Trinajstić information content (AvgIpc) is 3.47. The van der Waals surface area contributed by atoms with E-state index in [0.717, 1.165) is 25.9 Å². The highest BCUT2D eigenvalue weighted by molar-refractivity contribution is 5.98. The summed E-state index contributed by atoms with van der Waals surface area (Å²) in [6.07, 6.45) is 2.01. The van der Waals surface area contributed by atoms with Crippen molar-refractivity contribution >= 4 is 17.3 Å². The van der Waals surface area contributed by atoms with E-state index in [0.29, 0.717) is 48.1 Å². The van der Waals surface area contributed by atoms with Gasteiger partial charge in [-0.25, -0.2) is 0 Å². The van der Waals surface area contributed by atoms with Gasteiger partial charge in [0, 0.05) is 50.1 Å². The van der Waals surface area contributed by atoms with Gasteiger partial charge in [0.05, 0.1) is 13.2 Å². The Morgan fingerprint density at radius 1 is 0.895 bits per heavy atom. The van der Waals surface area contributed by atoms with E-state index in [2.05, 4.69) is 4.90 Å². The molecule has 0 spiro atoms. The number of methoxy groups -OCH3 is 1. The second kappa shape index (κ2) is 13.5. The summed E-state index contributed by atoms with van der Waals surface area (Å²) >= 11 is 0. The molecule has 8 nitrogen and oxygen atoms in total. The Balaban J connectivity index is 1.29. The fraction of sp³-hybridized carbons (Fsp3) is 0.500. The van der Waals surface area contributed by atoms with E-state index in [4.69, 9.17) is 14.2 Å². The molecule has 0 bridgehead atoms. The summed E-state index contributed by atoms with van der Waals surface area (Å²) in [4.78, 5) is 40.0. The van der Waals surface area contributed by atoms with E-state index >= 15 is 0 Å². The van der Waals surface area contributed by atoms with Gasteiger partial charge in [0.15, 0.2) is 17.3 Å². The molecule has 2 aliphatic heterocycles. The number of aliphatic hydroxyl groups is 1. The van der Waals surface area contributed by atoms with E-state index < -0.39 is 6.10 Å². The molecule has 0 radical (unpaired) electrons. The molecule has 0 saturated carbocycles. The molecule has 2 aromatic rings. The van der Waals surface area contributed by atoms with Crippen LogP contribution in [0.3, 0.4) is 0 Å². The van der Waals surface area contributed by atoms with Gasteiger partial charge >= 0.3 is 0 Å². The maximum atomic E-state index is 12.9. The van der Waals surface area contributed by atoms with Gasteiger partial charge in [0.25, 0.3) is 0 Å². The van der Waals surface area contributed by atoms with Crippen molar-refractivity contribution in [1.82, 2.24) is 4.90 Å². The second-order valence-corrected chi connectivity index (χ2v) is 10.0. The Morgan fingerprint density at radius 2 is 1.55 bits per heavy atom. The molecule has 0 unspecified atom stereocenters. The number of Topliss-reactive ketones (excluding diaryl/α,β-unsaturated/α-hetero) is 3. The van der Waals surface area contributed by atoms with Crippen molar-refractivity contribution in [3.05, 3.63) is 53.6 Å². The Hall–Kier alpha value is -3.23. The zero-order chi connectivity index (χ0) is 26.9. The van der Waals surface area contributed by atoms with Crippen LogP contribution in [0.25, 0.3) is 0 Å². The topological polar surface area (TPSA) is 102 Å². The highest BCUT2D eigenvalue weighted by Crippen LogP contribution is 2.36. The van der Waals surface area contributed by atoms with Crippen LogP contribution >= 0.6 is 0 Å². The minimum absolute atomic E-state index is 0.0550. The first-order chi connectivity index (χ1) is 18.4. The van der Waals surface area contributed by atoms with Crippen molar-refractivity contribution in [1.29, 1.82) is 0 Å². The first kappa shape index (κ1) is 27.8. The minimum Gasteiger partial charge on any atom is -0.497 e. The monoisotopic (exact) mass is 523 g/mol. The normalized spacial score (nSPS) is 16.6. The van der Waals surface area contributed by atoms with Gasteiger partial charge in [-0.2, -0.15) is 0 Å². The number of nitrogens with zero attached hydrogens (tertiary/aromatic N) is 1. The largest absolute Gasteiger partial charge is 0.497 e. The number of fused-ring (bicyclic) bond motifs is 1. The van der Waals surface area contributed by atoms with E-state index in [9.17, 15) is 19.5 Å². The summed E-state index contributed by atoms with van der Waals surface area (Å²) in [5, 5.41) is 11.3. The predicted molar refractivity (Wildman–Crippen MR) is 142 cm³/mol. The first-order valence-corrected chi connectivity index (χ1v) is 13.4. The van der Waals surface area contributed by atoms with E-state index in [1.165, 1.54) is 0 Å². The number of carbonyl (C=O) groups excluding carboxylic acids is 3. The number of rotatable bonds is 14. The van der Waals surface area contributed by atoms with Crippen molar-refractivity contribution in [2.45, 2.75) is 51.0 Å². The molecule has 204 valence electrons. The molecule has 4 rings (SSSR count). The van der Waals surface area contributed by atoms with Crippen molar-refractivity contribution in [2.75, 3.05) is 40.0 Å². The van der Waals surface area contributed by atoms with Crippen LogP contribution in [0.4, 0.5) is 0 Å². The van der Waals surface area contributed by atoms with E-state index in [1.54, 1.807) is 43.5 Å². The van der Waals surface area contributed by atoms with Gasteiger partial charge in [0.2, 0.25) is 0 Å². The lowest BCUT2D eigenvalue weighted by Gasteiger charge is -2.28. The third-order valence-electron chi connectivity index (χ3n) is 7.26. The van der Waals surface area contributed by atoms with Crippen molar-refractivity contribution < 1.29 is 33.7 Å². The molecular weight excluding hydrogens is 486 g/mol. The molecule has 1 N–H and O–H groups in total. The summed E-state index contributed by atoms with van der Waals surface area (Å²) in [5.41, 5.74) is 1.23. The Bertz CT molecular complexity index is 1110. The van der Waals surface area contributed by atoms with Crippen LogP contribution in [0.5, 0.6) is 17.2 Å². The van der Waals surface area contributed by atoms with Crippen LogP contribution in [0.2, 0.25) is 0 Å². The van der Waals surface area contributed by atoms with Gasteiger partial charge in [-0.3, -0.25) is 14.4 Å². The number of aliphatic hydroxyl groups excluding tert-OH is 1. The number of likely N-dealkylation sites (tertiary alicyclic amines) is 1. The van der Waals surface area contributed by atoms with E-state index in [-0.39, 0.29) is 55.4 Å². The summed E-state index contributed by atoms with van der Waals surface area (Å²) in [6.45, 7) is 3.49. The molecule has 38 heavy (non-hydrogen) atoms. The molecule has 2 heterocycles. The lowest BCUT2D eigenvalue weighted by atomic mass is 9.89. The van der Waals surface area contributed by atoms with Crippen LogP contribution in [-0.2, 0) is 9.59 Å². The SMILES string of the molecule is COc1ccc(C(=O)CCC(=O)CCC(=O)C[C@H](CN2CCCC2)[C@H](O)c2ccc3c(c2)OCCO3)cc1. The number of carbonyl (C=O) groups is 3. The second-order valence-electron chi connectivity index (χ2n) is 10.0. The zero-order valence-electron chi connectivity index (χ0n) is 22.0. The summed E-state index contributed by atoms with van der Waals surface area (Å²) in [5.74, 6) is 1.36. The van der Waals surface area contributed by atoms with E-state index in [1.807, 2.05) is 6.07 Å². The van der Waals surface area contributed by atoms with Gasteiger partial charge < -0.3 is 24.2 Å². The standard InChI is InChI=1S/C30H37NO7/c1-36-26-10-4-21(5-11-26)27(34)12-9-24(32)7-8-25(33)18-23(20-31-14-2-3-15-31)30(35)22-6-13-28-29(19-22)38-17-16-37-28/h4-6,10-11,13,19,23,30,35H,2-3,7-9,12,14-18,20H2,1H3/t23-,30-/m1/s1. The molecule has 2 atom stereocenters. The summed E-state index contributed by atoms with van der Waals surface area (Å²) < 4.78 is 16.4. The number of ketones is 3. The molecule has 2 aliphatic rings. The quantitative estimate of drug-likeness (QED) is 0.368. The number of hydrogen-bond donors (Lipinski definition) is 1.